The number of rotatable bonds is 8. The lowest BCUT2D eigenvalue weighted by Gasteiger charge is -2.11. The summed E-state index contributed by atoms with van der Waals surface area (Å²) in [6.07, 6.45) is 0. The van der Waals surface area contributed by atoms with Crippen LogP contribution >= 0.6 is 0 Å². The number of hydrogen-bond acceptors (Lipinski definition) is 4. The summed E-state index contributed by atoms with van der Waals surface area (Å²) in [5.41, 5.74) is 1.67. The largest absolute Gasteiger partial charge is 0.478 e. The van der Waals surface area contributed by atoms with E-state index in [1.165, 1.54) is 37.4 Å². The molecule has 0 heterocycles. The number of carbonyl (C=O) groups excluding carboxylic acids is 1. The Kier molecular flexibility index (Phi) is 6.82. The number of nitrogens with one attached hydrogen (secondary N) is 1. The van der Waals surface area contributed by atoms with Gasteiger partial charge in [-0.3, -0.25) is 4.79 Å². The standard InChI is InChI=1S/C19H20FNO5/c1-12-3-4-14(19(23)24)10-17(12)21-18(22)13-5-6-16(20)15(9-13)11-26-8-7-25-2/h3-6,9-10H,7-8,11H2,1-2H3,(H,21,22)(H,23,24). The molecule has 2 rings (SSSR count). The lowest BCUT2D eigenvalue weighted by molar-refractivity contribution is 0.0604. The third-order valence-corrected chi connectivity index (χ3v) is 3.73. The molecule has 0 unspecified atom stereocenters. The van der Waals surface area contributed by atoms with Gasteiger partial charge in [-0.1, -0.05) is 6.07 Å². The van der Waals surface area contributed by atoms with Crippen molar-refractivity contribution in [2.75, 3.05) is 25.6 Å². The number of amides is 1. The first-order valence-electron chi connectivity index (χ1n) is 7.92. The van der Waals surface area contributed by atoms with Crippen molar-refractivity contribution in [3.8, 4) is 0 Å². The molecule has 0 aromatic heterocycles. The second-order valence-corrected chi connectivity index (χ2v) is 5.64. The van der Waals surface area contributed by atoms with Gasteiger partial charge >= 0.3 is 5.97 Å². The molecule has 0 saturated carbocycles. The van der Waals surface area contributed by atoms with Crippen LogP contribution in [-0.4, -0.2) is 37.3 Å². The van der Waals surface area contributed by atoms with Crippen molar-refractivity contribution in [1.29, 1.82) is 0 Å². The predicted molar refractivity (Wildman–Crippen MR) is 94.0 cm³/mol. The van der Waals surface area contributed by atoms with Crippen molar-refractivity contribution in [2.45, 2.75) is 13.5 Å². The van der Waals surface area contributed by atoms with E-state index in [9.17, 15) is 14.0 Å². The molecule has 0 atom stereocenters. The Morgan fingerprint density at radius 2 is 1.85 bits per heavy atom. The van der Waals surface area contributed by atoms with Gasteiger partial charge in [0.05, 0.1) is 25.4 Å². The average Bonchev–Trinajstić information content (AvgIpc) is 2.61. The second-order valence-electron chi connectivity index (χ2n) is 5.64. The van der Waals surface area contributed by atoms with Gasteiger partial charge in [0.25, 0.3) is 5.91 Å². The summed E-state index contributed by atoms with van der Waals surface area (Å²) >= 11 is 0. The van der Waals surface area contributed by atoms with Gasteiger partial charge in [-0.25, -0.2) is 9.18 Å². The SMILES string of the molecule is COCCOCc1cc(C(=O)Nc2cc(C(=O)O)ccc2C)ccc1F. The van der Waals surface area contributed by atoms with Gasteiger partial charge < -0.3 is 19.9 Å². The van der Waals surface area contributed by atoms with Crippen LogP contribution in [-0.2, 0) is 16.1 Å². The quantitative estimate of drug-likeness (QED) is 0.705. The number of carboxylic acid groups (broad SMARTS) is 1. The maximum Gasteiger partial charge on any atom is 0.335 e. The average molecular weight is 361 g/mol. The molecule has 0 aliphatic carbocycles. The van der Waals surface area contributed by atoms with Gasteiger partial charge in [0, 0.05) is 23.9 Å². The van der Waals surface area contributed by atoms with E-state index in [0.717, 1.165) is 0 Å². The molecule has 26 heavy (non-hydrogen) atoms. The number of ether oxygens (including phenoxy) is 2. The molecule has 0 radical (unpaired) electrons. The Balaban J connectivity index is 2.14. The summed E-state index contributed by atoms with van der Waals surface area (Å²) < 4.78 is 24.0. The number of aryl methyl sites for hydroxylation is 1. The van der Waals surface area contributed by atoms with Crippen LogP contribution in [0.4, 0.5) is 10.1 Å². The summed E-state index contributed by atoms with van der Waals surface area (Å²) in [6.45, 7) is 2.47. The third-order valence-electron chi connectivity index (χ3n) is 3.73. The van der Waals surface area contributed by atoms with Gasteiger partial charge in [-0.05, 0) is 42.8 Å². The first kappa shape index (κ1) is 19.6. The Hall–Kier alpha value is -2.77. The fraction of sp³-hybridized carbons (Fsp3) is 0.263. The summed E-state index contributed by atoms with van der Waals surface area (Å²) in [5, 5.41) is 11.7. The van der Waals surface area contributed by atoms with Crippen LogP contribution in [0.25, 0.3) is 0 Å². The molecular formula is C19H20FNO5. The molecule has 6 nitrogen and oxygen atoms in total. The number of anilines is 1. The van der Waals surface area contributed by atoms with Crippen molar-refractivity contribution in [2.24, 2.45) is 0 Å². The Labute approximate surface area is 150 Å². The molecule has 1 amide bonds. The molecule has 2 N–H and O–H groups in total. The molecule has 0 bridgehead atoms. The Morgan fingerprint density at radius 3 is 2.54 bits per heavy atom. The lowest BCUT2D eigenvalue weighted by atomic mass is 10.1. The highest BCUT2D eigenvalue weighted by Crippen LogP contribution is 2.19. The van der Waals surface area contributed by atoms with Crippen LogP contribution in [0.1, 0.15) is 31.8 Å². The normalized spacial score (nSPS) is 10.6. The minimum absolute atomic E-state index is 0.0177. The molecule has 0 aliphatic heterocycles. The molecule has 2 aromatic carbocycles. The molecule has 0 aliphatic rings. The van der Waals surface area contributed by atoms with Crippen molar-refractivity contribution in [3.05, 3.63) is 64.5 Å². The monoisotopic (exact) mass is 361 g/mol. The fourth-order valence-corrected chi connectivity index (χ4v) is 2.24. The highest BCUT2D eigenvalue weighted by Gasteiger charge is 2.13. The highest BCUT2D eigenvalue weighted by atomic mass is 19.1. The second kappa shape index (κ2) is 9.07. The summed E-state index contributed by atoms with van der Waals surface area (Å²) in [5.74, 6) is -2.02. The number of aromatic carboxylic acids is 1. The lowest BCUT2D eigenvalue weighted by Crippen LogP contribution is -2.14. The van der Waals surface area contributed by atoms with Gasteiger partial charge in [0.15, 0.2) is 0 Å². The zero-order valence-corrected chi connectivity index (χ0v) is 14.5. The Morgan fingerprint density at radius 1 is 1.12 bits per heavy atom. The summed E-state index contributed by atoms with van der Waals surface area (Å²) in [6, 6.07) is 8.42. The predicted octanol–water partition coefficient (Wildman–Crippen LogP) is 3.25. The minimum atomic E-state index is -1.09. The molecule has 7 heteroatoms. The van der Waals surface area contributed by atoms with Gasteiger partial charge in [-0.15, -0.1) is 0 Å². The van der Waals surface area contributed by atoms with Gasteiger partial charge in [-0.2, -0.15) is 0 Å². The maximum absolute atomic E-state index is 13.9. The maximum atomic E-state index is 13.9. The topological polar surface area (TPSA) is 84.9 Å². The molecule has 0 saturated heterocycles. The van der Waals surface area contributed by atoms with E-state index in [2.05, 4.69) is 5.32 Å². The van der Waals surface area contributed by atoms with Crippen molar-refractivity contribution >= 4 is 17.6 Å². The van der Waals surface area contributed by atoms with Crippen molar-refractivity contribution in [1.82, 2.24) is 0 Å². The number of methoxy groups -OCH3 is 1. The van der Waals surface area contributed by atoms with E-state index in [1.54, 1.807) is 13.0 Å². The van der Waals surface area contributed by atoms with E-state index in [-0.39, 0.29) is 23.3 Å². The van der Waals surface area contributed by atoms with Crippen molar-refractivity contribution < 1.29 is 28.6 Å². The van der Waals surface area contributed by atoms with Crippen LogP contribution in [0, 0.1) is 12.7 Å². The number of halogens is 1. The summed E-state index contributed by atoms with van der Waals surface area (Å²) in [7, 11) is 1.54. The van der Waals surface area contributed by atoms with E-state index in [0.29, 0.717) is 24.5 Å². The number of hydrogen-bond donors (Lipinski definition) is 2. The van der Waals surface area contributed by atoms with Gasteiger partial charge in [0.2, 0.25) is 0 Å². The number of carboxylic acids is 1. The zero-order chi connectivity index (χ0) is 19.1. The number of carbonyl (C=O) groups is 2. The molecule has 0 spiro atoms. The Bertz CT molecular complexity index is 807. The minimum Gasteiger partial charge on any atom is -0.478 e. The third kappa shape index (κ3) is 5.11. The molecular weight excluding hydrogens is 341 g/mol. The van der Waals surface area contributed by atoms with E-state index in [1.807, 2.05) is 0 Å². The molecule has 2 aromatic rings. The van der Waals surface area contributed by atoms with Gasteiger partial charge in [0.1, 0.15) is 5.82 Å². The first-order chi connectivity index (χ1) is 12.4. The smallest absolute Gasteiger partial charge is 0.335 e. The summed E-state index contributed by atoms with van der Waals surface area (Å²) in [4.78, 5) is 23.5. The number of benzene rings is 2. The molecule has 0 fully saturated rings. The fourth-order valence-electron chi connectivity index (χ4n) is 2.24. The van der Waals surface area contributed by atoms with Crippen molar-refractivity contribution in [3.63, 3.8) is 0 Å². The van der Waals surface area contributed by atoms with Crippen LogP contribution in [0.15, 0.2) is 36.4 Å². The van der Waals surface area contributed by atoms with E-state index < -0.39 is 17.7 Å². The zero-order valence-electron chi connectivity index (χ0n) is 14.5. The van der Waals surface area contributed by atoms with E-state index >= 15 is 0 Å². The van der Waals surface area contributed by atoms with Crippen LogP contribution in [0.3, 0.4) is 0 Å². The highest BCUT2D eigenvalue weighted by molar-refractivity contribution is 6.05. The first-order valence-corrected chi connectivity index (χ1v) is 7.92. The van der Waals surface area contributed by atoms with E-state index in [4.69, 9.17) is 14.6 Å². The van der Waals surface area contributed by atoms with Crippen LogP contribution in [0.2, 0.25) is 0 Å². The van der Waals surface area contributed by atoms with Crippen LogP contribution in [0.5, 0.6) is 0 Å². The van der Waals surface area contributed by atoms with Crippen LogP contribution < -0.4 is 5.32 Å². The molecule has 138 valence electrons.